The highest BCUT2D eigenvalue weighted by Gasteiger charge is 2.20. The second kappa shape index (κ2) is 6.44. The van der Waals surface area contributed by atoms with Gasteiger partial charge in [0.2, 0.25) is 0 Å². The zero-order valence-corrected chi connectivity index (χ0v) is 12.9. The summed E-state index contributed by atoms with van der Waals surface area (Å²) in [6, 6.07) is 11.1. The Bertz CT molecular complexity index is 600. The molecule has 3 heteroatoms. The van der Waals surface area contributed by atoms with Gasteiger partial charge in [-0.2, -0.15) is 0 Å². The highest BCUT2D eigenvalue weighted by atomic mass is 15.2. The molecule has 0 amide bonds. The summed E-state index contributed by atoms with van der Waals surface area (Å²) in [4.78, 5) is 7.27. The van der Waals surface area contributed by atoms with E-state index in [1.54, 1.807) is 0 Å². The molecule has 1 aliphatic carbocycles. The summed E-state index contributed by atoms with van der Waals surface area (Å²) < 4.78 is 0. The lowest BCUT2D eigenvalue weighted by Gasteiger charge is -2.30. The van der Waals surface area contributed by atoms with E-state index in [0.717, 1.165) is 16.9 Å². The molecule has 1 aromatic carbocycles. The minimum Gasteiger partial charge on any atom is -0.356 e. The zero-order valence-electron chi connectivity index (χ0n) is 12.9. The SMILES string of the molecule is CN(c1nc2ccccc2cc1CN)C1CCCCCC1. The minimum atomic E-state index is 0.546. The summed E-state index contributed by atoms with van der Waals surface area (Å²) in [5.74, 6) is 1.07. The van der Waals surface area contributed by atoms with E-state index in [0.29, 0.717) is 12.6 Å². The first kappa shape index (κ1) is 14.3. The molecule has 2 N–H and O–H groups in total. The Labute approximate surface area is 127 Å². The molecule has 3 nitrogen and oxygen atoms in total. The average molecular weight is 283 g/mol. The predicted octanol–water partition coefficient (Wildman–Crippen LogP) is 3.85. The molecular formula is C18H25N3. The van der Waals surface area contributed by atoms with Crippen molar-refractivity contribution in [2.75, 3.05) is 11.9 Å². The Balaban J connectivity index is 1.97. The van der Waals surface area contributed by atoms with Gasteiger partial charge in [0.15, 0.2) is 0 Å². The highest BCUT2D eigenvalue weighted by molar-refractivity contribution is 5.81. The Morgan fingerprint density at radius 2 is 1.86 bits per heavy atom. The Morgan fingerprint density at radius 3 is 2.57 bits per heavy atom. The largest absolute Gasteiger partial charge is 0.356 e. The maximum atomic E-state index is 5.97. The Morgan fingerprint density at radius 1 is 1.14 bits per heavy atom. The summed E-state index contributed by atoms with van der Waals surface area (Å²) in [6.07, 6.45) is 7.96. The van der Waals surface area contributed by atoms with E-state index in [-0.39, 0.29) is 0 Å². The van der Waals surface area contributed by atoms with Gasteiger partial charge in [-0.05, 0) is 25.0 Å². The molecule has 0 radical (unpaired) electrons. The van der Waals surface area contributed by atoms with Crippen molar-refractivity contribution in [3.05, 3.63) is 35.9 Å². The van der Waals surface area contributed by atoms with Crippen molar-refractivity contribution in [1.29, 1.82) is 0 Å². The molecule has 0 bridgehead atoms. The van der Waals surface area contributed by atoms with Gasteiger partial charge in [-0.15, -0.1) is 0 Å². The summed E-state index contributed by atoms with van der Waals surface area (Å²) in [5, 5.41) is 1.18. The first-order valence-electron chi connectivity index (χ1n) is 8.11. The smallest absolute Gasteiger partial charge is 0.133 e. The molecule has 0 unspecified atom stereocenters. The number of fused-ring (bicyclic) bond motifs is 1. The van der Waals surface area contributed by atoms with Crippen LogP contribution in [0.4, 0.5) is 5.82 Å². The van der Waals surface area contributed by atoms with Crippen LogP contribution in [0.15, 0.2) is 30.3 Å². The van der Waals surface area contributed by atoms with Gasteiger partial charge in [-0.1, -0.05) is 43.9 Å². The number of nitrogens with two attached hydrogens (primary N) is 1. The molecule has 21 heavy (non-hydrogen) atoms. The lowest BCUT2D eigenvalue weighted by atomic mass is 10.1. The number of nitrogens with zero attached hydrogens (tertiary/aromatic N) is 2. The van der Waals surface area contributed by atoms with Gasteiger partial charge in [0.25, 0.3) is 0 Å². The second-order valence-corrected chi connectivity index (χ2v) is 6.12. The number of benzene rings is 1. The highest BCUT2D eigenvalue weighted by Crippen LogP contribution is 2.28. The monoisotopic (exact) mass is 283 g/mol. The summed E-state index contributed by atoms with van der Waals surface area (Å²) in [5.41, 5.74) is 8.19. The van der Waals surface area contributed by atoms with E-state index in [4.69, 9.17) is 10.7 Å². The second-order valence-electron chi connectivity index (χ2n) is 6.12. The van der Waals surface area contributed by atoms with Crippen molar-refractivity contribution >= 4 is 16.7 Å². The van der Waals surface area contributed by atoms with E-state index in [1.165, 1.54) is 43.9 Å². The maximum Gasteiger partial charge on any atom is 0.133 e. The first-order chi connectivity index (χ1) is 10.3. The standard InChI is InChI=1S/C18H25N3/c1-21(16-9-4-2-3-5-10-16)18-15(13-19)12-14-8-6-7-11-17(14)20-18/h6-8,11-12,16H,2-5,9-10,13,19H2,1H3. The van der Waals surface area contributed by atoms with Gasteiger partial charge in [0.05, 0.1) is 5.52 Å². The van der Waals surface area contributed by atoms with Crippen LogP contribution in [0, 0.1) is 0 Å². The fourth-order valence-corrected chi connectivity index (χ4v) is 3.42. The molecule has 1 aliphatic rings. The average Bonchev–Trinajstić information content (AvgIpc) is 2.82. The fraction of sp³-hybridized carbons (Fsp3) is 0.500. The molecule has 112 valence electrons. The van der Waals surface area contributed by atoms with Crippen LogP contribution in [0.1, 0.15) is 44.1 Å². The summed E-state index contributed by atoms with van der Waals surface area (Å²) in [6.45, 7) is 0.546. The van der Waals surface area contributed by atoms with E-state index in [9.17, 15) is 0 Å². The van der Waals surface area contributed by atoms with Crippen molar-refractivity contribution in [1.82, 2.24) is 4.98 Å². The van der Waals surface area contributed by atoms with E-state index in [2.05, 4.69) is 36.2 Å². The molecule has 0 atom stereocenters. The minimum absolute atomic E-state index is 0.546. The van der Waals surface area contributed by atoms with Crippen molar-refractivity contribution in [2.24, 2.45) is 5.73 Å². The zero-order chi connectivity index (χ0) is 14.7. The molecule has 0 aliphatic heterocycles. The molecule has 1 saturated carbocycles. The third-order valence-corrected chi connectivity index (χ3v) is 4.71. The Hall–Kier alpha value is -1.61. The molecule has 1 aromatic heterocycles. The predicted molar refractivity (Wildman–Crippen MR) is 89.5 cm³/mol. The van der Waals surface area contributed by atoms with Crippen LogP contribution < -0.4 is 10.6 Å². The first-order valence-corrected chi connectivity index (χ1v) is 8.11. The molecule has 1 heterocycles. The van der Waals surface area contributed by atoms with Crippen LogP contribution in [-0.2, 0) is 6.54 Å². The van der Waals surface area contributed by atoms with E-state index >= 15 is 0 Å². The van der Waals surface area contributed by atoms with Crippen molar-refractivity contribution in [2.45, 2.75) is 51.1 Å². The van der Waals surface area contributed by atoms with Crippen molar-refractivity contribution in [3.8, 4) is 0 Å². The number of hydrogen-bond donors (Lipinski definition) is 1. The van der Waals surface area contributed by atoms with Gasteiger partial charge in [-0.25, -0.2) is 4.98 Å². The van der Waals surface area contributed by atoms with Crippen LogP contribution in [0.5, 0.6) is 0 Å². The molecule has 0 spiro atoms. The van der Waals surface area contributed by atoms with Crippen LogP contribution in [-0.4, -0.2) is 18.1 Å². The Kier molecular flexibility index (Phi) is 4.39. The lowest BCUT2D eigenvalue weighted by molar-refractivity contribution is 0.548. The van der Waals surface area contributed by atoms with Crippen LogP contribution in [0.25, 0.3) is 10.9 Å². The number of pyridine rings is 1. The van der Waals surface area contributed by atoms with Gasteiger partial charge >= 0.3 is 0 Å². The number of hydrogen-bond acceptors (Lipinski definition) is 3. The normalized spacial score (nSPS) is 16.9. The summed E-state index contributed by atoms with van der Waals surface area (Å²) >= 11 is 0. The third-order valence-electron chi connectivity index (χ3n) is 4.71. The van der Waals surface area contributed by atoms with Gasteiger partial charge in [-0.3, -0.25) is 0 Å². The number of aromatic nitrogens is 1. The van der Waals surface area contributed by atoms with Crippen LogP contribution in [0.3, 0.4) is 0 Å². The molecular weight excluding hydrogens is 258 g/mol. The fourth-order valence-electron chi connectivity index (χ4n) is 3.42. The van der Waals surface area contributed by atoms with Crippen LogP contribution >= 0.6 is 0 Å². The van der Waals surface area contributed by atoms with Gasteiger partial charge < -0.3 is 10.6 Å². The summed E-state index contributed by atoms with van der Waals surface area (Å²) in [7, 11) is 2.19. The van der Waals surface area contributed by atoms with E-state index < -0.39 is 0 Å². The third kappa shape index (κ3) is 3.03. The van der Waals surface area contributed by atoms with Crippen molar-refractivity contribution in [3.63, 3.8) is 0 Å². The number of anilines is 1. The quantitative estimate of drug-likeness (QED) is 0.870. The van der Waals surface area contributed by atoms with Gasteiger partial charge in [0.1, 0.15) is 5.82 Å². The molecule has 1 fully saturated rings. The molecule has 2 aromatic rings. The topological polar surface area (TPSA) is 42.2 Å². The van der Waals surface area contributed by atoms with E-state index in [1.807, 2.05) is 6.07 Å². The van der Waals surface area contributed by atoms with Gasteiger partial charge in [0, 0.05) is 30.6 Å². The molecule has 3 rings (SSSR count). The van der Waals surface area contributed by atoms with Crippen LogP contribution in [0.2, 0.25) is 0 Å². The van der Waals surface area contributed by atoms with Crippen molar-refractivity contribution < 1.29 is 0 Å². The molecule has 0 saturated heterocycles. The maximum absolute atomic E-state index is 5.97. The number of rotatable bonds is 3. The lowest BCUT2D eigenvalue weighted by Crippen LogP contribution is -2.32. The number of para-hydroxylation sites is 1.